The van der Waals surface area contributed by atoms with Crippen molar-refractivity contribution in [1.29, 1.82) is 0 Å². The second kappa shape index (κ2) is 16.8. The highest BCUT2D eigenvalue weighted by atomic mass is 35.5. The van der Waals surface area contributed by atoms with Crippen molar-refractivity contribution in [1.82, 2.24) is 5.32 Å². The number of carbonyl (C=O) groups is 1. The van der Waals surface area contributed by atoms with Gasteiger partial charge in [0.25, 0.3) is 0 Å². The number of nitrogens with one attached hydrogen (secondary N) is 1. The molecule has 38 heavy (non-hydrogen) atoms. The van der Waals surface area contributed by atoms with Crippen molar-refractivity contribution in [3.8, 4) is 0 Å². The number of ether oxygens (including phenoxy) is 3. The molecule has 0 heterocycles. The topological polar surface area (TPSA) is 82.8 Å². The Balaban J connectivity index is 0.000000750. The molecule has 3 N–H and O–H groups in total. The average Bonchev–Trinajstić information content (AvgIpc) is 2.78. The summed E-state index contributed by atoms with van der Waals surface area (Å²) in [6.45, 7) is 20.4. The zero-order valence-electron chi connectivity index (χ0n) is 24.9. The molecule has 0 bridgehead atoms. The van der Waals surface area contributed by atoms with E-state index in [1.54, 1.807) is 0 Å². The summed E-state index contributed by atoms with van der Waals surface area (Å²) in [6.07, 6.45) is -0.407. The van der Waals surface area contributed by atoms with Gasteiger partial charge in [-0.1, -0.05) is 102 Å². The van der Waals surface area contributed by atoms with Crippen LogP contribution in [-0.2, 0) is 27.4 Å². The Labute approximate surface area is 237 Å². The number of benzene rings is 2. The number of halogens is 1. The van der Waals surface area contributed by atoms with Gasteiger partial charge < -0.3 is 25.3 Å². The second-order valence-electron chi connectivity index (χ2n) is 12.5. The van der Waals surface area contributed by atoms with E-state index in [4.69, 9.17) is 19.9 Å². The zero-order chi connectivity index (χ0) is 28.1. The molecule has 0 fully saturated rings. The first-order chi connectivity index (χ1) is 17.1. The van der Waals surface area contributed by atoms with E-state index in [-0.39, 0.29) is 35.3 Å². The molecule has 0 aliphatic carbocycles. The van der Waals surface area contributed by atoms with Crippen molar-refractivity contribution < 1.29 is 19.0 Å². The monoisotopic (exact) mass is 550 g/mol. The maximum absolute atomic E-state index is 12.0. The summed E-state index contributed by atoms with van der Waals surface area (Å²) >= 11 is 0. The Kier molecular flexibility index (Phi) is 15.8. The molecular weight excluding hydrogens is 500 g/mol. The van der Waals surface area contributed by atoms with E-state index in [2.05, 4.69) is 59.0 Å². The van der Waals surface area contributed by atoms with Gasteiger partial charge in [-0.2, -0.15) is 0 Å². The van der Waals surface area contributed by atoms with Crippen LogP contribution < -0.4 is 11.1 Å². The predicted molar refractivity (Wildman–Crippen MR) is 159 cm³/mol. The van der Waals surface area contributed by atoms with Crippen LogP contribution in [0.4, 0.5) is 4.79 Å². The molecule has 0 saturated carbocycles. The SMILES string of the molecule is CC(C)(C)OC(=O)N[C@H](COCc1ccccc1)C(C)(C)C.CC(C)(C)[C@H](N)COCc1ccccc1.Cl. The van der Waals surface area contributed by atoms with Gasteiger partial charge in [0.15, 0.2) is 0 Å². The van der Waals surface area contributed by atoms with Crippen LogP contribution in [0.25, 0.3) is 0 Å². The summed E-state index contributed by atoms with van der Waals surface area (Å²) in [5, 5.41) is 2.91. The Bertz CT molecular complexity index is 888. The predicted octanol–water partition coefficient (Wildman–Crippen LogP) is 7.14. The lowest BCUT2D eigenvalue weighted by Crippen LogP contribution is -2.48. The van der Waals surface area contributed by atoms with Crippen LogP contribution in [0.15, 0.2) is 60.7 Å². The highest BCUT2D eigenvalue weighted by molar-refractivity contribution is 5.85. The minimum Gasteiger partial charge on any atom is -0.444 e. The van der Waals surface area contributed by atoms with Gasteiger partial charge in [0, 0.05) is 6.04 Å². The molecule has 7 heteroatoms. The number of amides is 1. The van der Waals surface area contributed by atoms with Crippen molar-refractivity contribution in [3.63, 3.8) is 0 Å². The lowest BCUT2D eigenvalue weighted by Gasteiger charge is -2.32. The lowest BCUT2D eigenvalue weighted by atomic mass is 9.87. The van der Waals surface area contributed by atoms with Crippen molar-refractivity contribution in [3.05, 3.63) is 71.8 Å². The molecule has 0 saturated heterocycles. The fourth-order valence-corrected chi connectivity index (χ4v) is 2.95. The molecule has 1 amide bonds. The first kappa shape index (κ1) is 35.9. The molecule has 216 valence electrons. The van der Waals surface area contributed by atoms with Crippen LogP contribution in [0.2, 0.25) is 0 Å². The highest BCUT2D eigenvalue weighted by Gasteiger charge is 2.28. The van der Waals surface area contributed by atoms with Gasteiger partial charge >= 0.3 is 6.09 Å². The van der Waals surface area contributed by atoms with Gasteiger partial charge in [-0.3, -0.25) is 0 Å². The van der Waals surface area contributed by atoms with Crippen LogP contribution in [0, 0.1) is 10.8 Å². The minimum atomic E-state index is -0.503. The van der Waals surface area contributed by atoms with E-state index in [0.29, 0.717) is 26.4 Å². The van der Waals surface area contributed by atoms with Gasteiger partial charge in [0.2, 0.25) is 0 Å². The molecule has 0 spiro atoms. The van der Waals surface area contributed by atoms with Crippen molar-refractivity contribution >= 4 is 18.5 Å². The number of hydrogen-bond acceptors (Lipinski definition) is 5. The van der Waals surface area contributed by atoms with Gasteiger partial charge in [-0.05, 0) is 42.7 Å². The van der Waals surface area contributed by atoms with E-state index in [1.807, 2.05) is 69.3 Å². The molecule has 2 aromatic carbocycles. The average molecular weight is 551 g/mol. The maximum Gasteiger partial charge on any atom is 0.407 e. The van der Waals surface area contributed by atoms with Gasteiger partial charge in [0.05, 0.1) is 32.5 Å². The Morgan fingerprint density at radius 3 is 1.53 bits per heavy atom. The summed E-state index contributed by atoms with van der Waals surface area (Å²) in [4.78, 5) is 12.0. The molecule has 0 aliphatic heterocycles. The first-order valence-corrected chi connectivity index (χ1v) is 13.1. The van der Waals surface area contributed by atoms with Gasteiger partial charge in [-0.15, -0.1) is 12.4 Å². The van der Waals surface area contributed by atoms with E-state index in [1.165, 1.54) is 5.56 Å². The summed E-state index contributed by atoms with van der Waals surface area (Å²) < 4.78 is 16.7. The van der Waals surface area contributed by atoms with Gasteiger partial charge in [0.1, 0.15) is 5.60 Å². The molecule has 2 atom stereocenters. The van der Waals surface area contributed by atoms with Crippen molar-refractivity contribution in [2.45, 2.75) is 93.2 Å². The Hall–Kier alpha value is -2.12. The third-order valence-corrected chi connectivity index (χ3v) is 5.65. The quantitative estimate of drug-likeness (QED) is 0.346. The van der Waals surface area contributed by atoms with Crippen LogP contribution in [0.3, 0.4) is 0 Å². The minimum absolute atomic E-state index is 0. The largest absolute Gasteiger partial charge is 0.444 e. The summed E-state index contributed by atoms with van der Waals surface area (Å²) in [6, 6.07) is 20.1. The molecule has 0 aromatic heterocycles. The third-order valence-electron chi connectivity index (χ3n) is 5.65. The number of hydrogen-bond donors (Lipinski definition) is 2. The van der Waals surface area contributed by atoms with Crippen LogP contribution in [0.1, 0.15) is 73.4 Å². The standard InChI is InChI=1S/C18H29NO3.C13H21NO.ClH/c1-17(2,3)15(19-16(20)22-18(4,5)6)13-21-12-14-10-8-7-9-11-14;1-13(2,3)12(14)10-15-9-11-7-5-4-6-8-11;/h7-11,15H,12-13H2,1-6H3,(H,19,20);4-8,12H,9-10,14H2,1-3H3;1H/t15-;12-;/m11./s1. The number of rotatable bonds is 9. The number of carbonyl (C=O) groups excluding carboxylic acids is 1. The smallest absolute Gasteiger partial charge is 0.407 e. The molecule has 0 radical (unpaired) electrons. The second-order valence-corrected chi connectivity index (χ2v) is 12.5. The summed E-state index contributed by atoms with van der Waals surface area (Å²) in [5.41, 5.74) is 7.79. The van der Waals surface area contributed by atoms with E-state index in [9.17, 15) is 4.79 Å². The number of nitrogens with two attached hydrogens (primary N) is 1. The van der Waals surface area contributed by atoms with Crippen molar-refractivity contribution in [2.24, 2.45) is 16.6 Å². The number of alkyl carbamates (subject to hydrolysis) is 1. The third kappa shape index (κ3) is 16.7. The van der Waals surface area contributed by atoms with Crippen LogP contribution >= 0.6 is 12.4 Å². The molecule has 2 rings (SSSR count). The summed E-state index contributed by atoms with van der Waals surface area (Å²) in [7, 11) is 0. The molecular formula is C31H51ClN2O4. The Morgan fingerprint density at radius 2 is 1.16 bits per heavy atom. The van der Waals surface area contributed by atoms with Crippen LogP contribution in [-0.4, -0.2) is 37.0 Å². The maximum atomic E-state index is 12.0. The normalized spacial score (nSPS) is 13.3. The fraction of sp³-hybridized carbons (Fsp3) is 0.581. The Morgan fingerprint density at radius 1 is 0.737 bits per heavy atom. The zero-order valence-corrected chi connectivity index (χ0v) is 25.7. The lowest BCUT2D eigenvalue weighted by molar-refractivity contribution is 0.0302. The molecule has 0 unspecified atom stereocenters. The van der Waals surface area contributed by atoms with E-state index in [0.717, 1.165) is 5.56 Å². The first-order valence-electron chi connectivity index (χ1n) is 13.1. The molecule has 2 aromatic rings. The van der Waals surface area contributed by atoms with E-state index >= 15 is 0 Å². The van der Waals surface area contributed by atoms with E-state index < -0.39 is 11.7 Å². The molecule has 6 nitrogen and oxygen atoms in total. The van der Waals surface area contributed by atoms with Crippen molar-refractivity contribution in [2.75, 3.05) is 13.2 Å². The fourth-order valence-electron chi connectivity index (χ4n) is 2.95. The molecule has 0 aliphatic rings. The van der Waals surface area contributed by atoms with Gasteiger partial charge in [-0.25, -0.2) is 4.79 Å². The summed E-state index contributed by atoms with van der Waals surface area (Å²) in [5.74, 6) is 0. The highest BCUT2D eigenvalue weighted by Crippen LogP contribution is 2.21. The van der Waals surface area contributed by atoms with Crippen LogP contribution in [0.5, 0.6) is 0 Å².